The van der Waals surface area contributed by atoms with E-state index in [4.69, 9.17) is 9.47 Å². The van der Waals surface area contributed by atoms with E-state index in [0.29, 0.717) is 60.8 Å². The van der Waals surface area contributed by atoms with E-state index in [-0.39, 0.29) is 11.7 Å². The van der Waals surface area contributed by atoms with Gasteiger partial charge in [0, 0.05) is 44.7 Å². The summed E-state index contributed by atoms with van der Waals surface area (Å²) in [6.07, 6.45) is 3.34. The van der Waals surface area contributed by atoms with E-state index in [1.165, 1.54) is 0 Å². The Labute approximate surface area is 201 Å². The predicted octanol–water partition coefficient (Wildman–Crippen LogP) is 3.61. The number of ketones is 1. The molecule has 2 aliphatic rings. The number of carbonyl (C=O) groups is 2. The van der Waals surface area contributed by atoms with Gasteiger partial charge in [-0.15, -0.1) is 0 Å². The number of aromatic amines is 1. The van der Waals surface area contributed by atoms with Crippen LogP contribution in [0.4, 0.5) is 0 Å². The number of imidazole rings is 1. The summed E-state index contributed by atoms with van der Waals surface area (Å²) in [4.78, 5) is 35.9. The van der Waals surface area contributed by atoms with Crippen molar-refractivity contribution in [2.24, 2.45) is 7.05 Å². The minimum Gasteiger partial charge on any atom is -0.496 e. The molecule has 1 fully saturated rings. The van der Waals surface area contributed by atoms with Crippen LogP contribution in [-0.4, -0.2) is 62.1 Å². The number of H-pyrrole nitrogens is 1. The summed E-state index contributed by atoms with van der Waals surface area (Å²) >= 11 is 0. The first-order chi connectivity index (χ1) is 16.9. The number of aromatic nitrogens is 4. The van der Waals surface area contributed by atoms with Crippen LogP contribution in [0.5, 0.6) is 11.5 Å². The minimum atomic E-state index is -0.585. The maximum Gasteiger partial charge on any atom is 0.253 e. The second kappa shape index (κ2) is 7.97. The highest BCUT2D eigenvalue weighted by atomic mass is 16.5. The van der Waals surface area contributed by atoms with Crippen LogP contribution in [0.2, 0.25) is 0 Å². The topological polar surface area (TPSA) is 102 Å². The van der Waals surface area contributed by atoms with Crippen LogP contribution in [-0.2, 0) is 7.05 Å². The molecular weight excluding hydrogens is 446 g/mol. The van der Waals surface area contributed by atoms with Crippen LogP contribution in [0.15, 0.2) is 48.7 Å². The number of benzene rings is 2. The molecule has 9 heteroatoms. The molecule has 0 unspecified atom stereocenters. The van der Waals surface area contributed by atoms with Gasteiger partial charge in [-0.25, -0.2) is 4.98 Å². The fourth-order valence-electron chi connectivity index (χ4n) is 5.08. The van der Waals surface area contributed by atoms with E-state index in [9.17, 15) is 9.59 Å². The molecule has 0 saturated carbocycles. The van der Waals surface area contributed by atoms with E-state index in [1.54, 1.807) is 23.9 Å². The molecule has 0 bridgehead atoms. The lowest BCUT2D eigenvalue weighted by Gasteiger charge is -2.44. The summed E-state index contributed by atoms with van der Waals surface area (Å²) in [5.41, 5.74) is 2.84. The summed E-state index contributed by atoms with van der Waals surface area (Å²) in [6, 6.07) is 12.8. The fourth-order valence-corrected chi connectivity index (χ4v) is 5.08. The SMILES string of the molecule is COc1cccc2c1C(=O)CC1(CCN(C(=O)c3ccc4nc(-c5ccn(C)n5)[nH]c4c3)CC1)O2. The first-order valence-electron chi connectivity index (χ1n) is 11.6. The average Bonchev–Trinajstić information content (AvgIpc) is 3.49. The van der Waals surface area contributed by atoms with E-state index < -0.39 is 5.60 Å². The standard InChI is InChI=1S/C26H25N5O4/c1-30-11-8-18(29-30)24-27-17-7-6-16(14-19(17)28-24)25(33)31-12-9-26(10-13-31)15-20(32)23-21(34-2)4-3-5-22(23)35-26/h3-8,11,14H,9-10,12-13,15H2,1-2H3,(H,27,28). The average molecular weight is 472 g/mol. The molecular formula is C26H25N5O4. The normalized spacial score (nSPS) is 16.9. The Morgan fingerprint density at radius 1 is 1.17 bits per heavy atom. The number of fused-ring (bicyclic) bond motifs is 2. The van der Waals surface area contributed by atoms with Crippen molar-refractivity contribution >= 4 is 22.7 Å². The Bertz CT molecular complexity index is 1460. The maximum absolute atomic E-state index is 13.3. The van der Waals surface area contributed by atoms with Crippen LogP contribution in [0.3, 0.4) is 0 Å². The van der Waals surface area contributed by atoms with Crippen molar-refractivity contribution in [2.75, 3.05) is 20.2 Å². The van der Waals surface area contributed by atoms with Crippen molar-refractivity contribution < 1.29 is 19.1 Å². The monoisotopic (exact) mass is 471 g/mol. The molecule has 2 aliphatic heterocycles. The van der Waals surface area contributed by atoms with Crippen LogP contribution < -0.4 is 9.47 Å². The summed E-state index contributed by atoms with van der Waals surface area (Å²) in [7, 11) is 3.41. The van der Waals surface area contributed by atoms with Gasteiger partial charge in [-0.2, -0.15) is 5.10 Å². The lowest BCUT2D eigenvalue weighted by Crippen LogP contribution is -2.52. The number of nitrogens with zero attached hydrogens (tertiary/aromatic N) is 4. The third-order valence-electron chi connectivity index (χ3n) is 6.94. The quantitative estimate of drug-likeness (QED) is 0.490. The van der Waals surface area contributed by atoms with Crippen LogP contribution in [0, 0.1) is 0 Å². The fraction of sp³-hybridized carbons (Fsp3) is 0.308. The molecule has 4 heterocycles. The molecule has 1 amide bonds. The number of hydrogen-bond donors (Lipinski definition) is 1. The number of carbonyl (C=O) groups excluding carboxylic acids is 2. The summed E-state index contributed by atoms with van der Waals surface area (Å²) in [5, 5.41) is 4.38. The Kier molecular flexibility index (Phi) is 4.87. The van der Waals surface area contributed by atoms with E-state index in [2.05, 4.69) is 15.1 Å². The number of piperidine rings is 1. The largest absolute Gasteiger partial charge is 0.496 e. The van der Waals surface area contributed by atoms with Crippen molar-refractivity contribution in [1.29, 1.82) is 0 Å². The molecule has 2 aromatic heterocycles. The third kappa shape index (κ3) is 3.63. The minimum absolute atomic E-state index is 0.0249. The van der Waals surface area contributed by atoms with Gasteiger partial charge in [0.1, 0.15) is 28.4 Å². The number of ether oxygens (including phenoxy) is 2. The Balaban J connectivity index is 1.18. The van der Waals surface area contributed by atoms with Gasteiger partial charge >= 0.3 is 0 Å². The Hall–Kier alpha value is -4.14. The maximum atomic E-state index is 13.3. The van der Waals surface area contributed by atoms with Crippen molar-refractivity contribution in [3.05, 3.63) is 59.8 Å². The van der Waals surface area contributed by atoms with E-state index in [1.807, 2.05) is 48.5 Å². The molecule has 178 valence electrons. The second-order valence-electron chi connectivity index (χ2n) is 9.20. The van der Waals surface area contributed by atoms with Gasteiger partial charge in [0.05, 0.1) is 24.6 Å². The van der Waals surface area contributed by atoms with Gasteiger partial charge in [-0.05, 0) is 36.4 Å². The number of Topliss-reactive ketones (excluding diaryl/α,β-unsaturated/α-hetero) is 1. The number of nitrogens with one attached hydrogen (secondary N) is 1. The summed E-state index contributed by atoms with van der Waals surface area (Å²) in [6.45, 7) is 1.04. The molecule has 0 radical (unpaired) electrons. The smallest absolute Gasteiger partial charge is 0.253 e. The van der Waals surface area contributed by atoms with Crippen molar-refractivity contribution in [1.82, 2.24) is 24.6 Å². The number of likely N-dealkylation sites (tertiary alicyclic amines) is 1. The molecule has 0 atom stereocenters. The molecule has 1 N–H and O–H groups in total. The highest BCUT2D eigenvalue weighted by Crippen LogP contribution is 2.42. The number of methoxy groups -OCH3 is 1. The highest BCUT2D eigenvalue weighted by molar-refractivity contribution is 6.03. The van der Waals surface area contributed by atoms with Crippen LogP contribution in [0.1, 0.15) is 40.0 Å². The summed E-state index contributed by atoms with van der Waals surface area (Å²) in [5.74, 6) is 1.75. The number of hydrogen-bond acceptors (Lipinski definition) is 6. The molecule has 1 saturated heterocycles. The van der Waals surface area contributed by atoms with E-state index in [0.717, 1.165) is 16.7 Å². The molecule has 0 aliphatic carbocycles. The zero-order chi connectivity index (χ0) is 24.2. The zero-order valence-electron chi connectivity index (χ0n) is 19.6. The lowest BCUT2D eigenvalue weighted by molar-refractivity contribution is -0.00599. The second-order valence-corrected chi connectivity index (χ2v) is 9.20. The molecule has 9 nitrogen and oxygen atoms in total. The molecule has 6 rings (SSSR count). The number of aryl methyl sites for hydroxylation is 1. The molecule has 1 spiro atoms. The van der Waals surface area contributed by atoms with Gasteiger partial charge in [0.15, 0.2) is 11.6 Å². The van der Waals surface area contributed by atoms with Crippen molar-refractivity contribution in [2.45, 2.75) is 24.9 Å². The highest BCUT2D eigenvalue weighted by Gasteiger charge is 2.44. The predicted molar refractivity (Wildman–Crippen MR) is 129 cm³/mol. The first-order valence-corrected chi connectivity index (χ1v) is 11.6. The number of amides is 1. The Morgan fingerprint density at radius 2 is 2.00 bits per heavy atom. The van der Waals surface area contributed by atoms with Gasteiger partial charge < -0.3 is 19.4 Å². The van der Waals surface area contributed by atoms with Crippen LogP contribution >= 0.6 is 0 Å². The van der Waals surface area contributed by atoms with Crippen molar-refractivity contribution in [3.8, 4) is 23.0 Å². The van der Waals surface area contributed by atoms with Crippen molar-refractivity contribution in [3.63, 3.8) is 0 Å². The zero-order valence-corrected chi connectivity index (χ0v) is 19.6. The molecule has 35 heavy (non-hydrogen) atoms. The third-order valence-corrected chi connectivity index (χ3v) is 6.94. The molecule has 2 aromatic carbocycles. The first kappa shape index (κ1) is 21.4. The summed E-state index contributed by atoms with van der Waals surface area (Å²) < 4.78 is 13.4. The van der Waals surface area contributed by atoms with Gasteiger partial charge in [-0.1, -0.05) is 6.07 Å². The van der Waals surface area contributed by atoms with E-state index >= 15 is 0 Å². The van der Waals surface area contributed by atoms with Crippen LogP contribution in [0.25, 0.3) is 22.6 Å². The number of rotatable bonds is 3. The Morgan fingerprint density at radius 3 is 2.74 bits per heavy atom. The van der Waals surface area contributed by atoms with Gasteiger partial charge in [-0.3, -0.25) is 14.3 Å². The van der Waals surface area contributed by atoms with Gasteiger partial charge in [0.25, 0.3) is 5.91 Å². The molecule has 4 aromatic rings. The lowest BCUT2D eigenvalue weighted by atomic mass is 9.82. The van der Waals surface area contributed by atoms with Gasteiger partial charge in [0.2, 0.25) is 0 Å².